The minimum Gasteiger partial charge on any atom is -0.454 e. The Morgan fingerprint density at radius 3 is 2.50 bits per heavy atom. The van der Waals surface area contributed by atoms with Crippen molar-refractivity contribution in [1.82, 2.24) is 10.6 Å². The molecule has 1 amide bonds. The molecule has 0 fully saturated rings. The van der Waals surface area contributed by atoms with Crippen molar-refractivity contribution in [3.8, 4) is 11.5 Å². The van der Waals surface area contributed by atoms with Crippen LogP contribution >= 0.6 is 0 Å². The molecule has 2 aromatic rings. The number of rotatable bonds is 7. The standard InChI is InChI=1S/C19H23FN2O2/c1-13(12-21-3)19(23)22-14(2)15-9-10-18(17(20)11-15)24-16-7-5-4-6-8-16/h4-11,13-14,21H,12H2,1-3H3,(H,22,23). The van der Waals surface area contributed by atoms with Crippen molar-refractivity contribution >= 4 is 5.91 Å². The van der Waals surface area contributed by atoms with Crippen molar-refractivity contribution in [2.45, 2.75) is 19.9 Å². The van der Waals surface area contributed by atoms with Crippen LogP contribution in [-0.2, 0) is 4.79 Å². The molecule has 2 rings (SSSR count). The van der Waals surface area contributed by atoms with E-state index in [1.807, 2.05) is 32.0 Å². The van der Waals surface area contributed by atoms with Gasteiger partial charge in [0.15, 0.2) is 11.6 Å². The molecule has 0 radical (unpaired) electrons. The first-order valence-electron chi connectivity index (χ1n) is 7.98. The van der Waals surface area contributed by atoms with E-state index >= 15 is 0 Å². The first-order valence-corrected chi connectivity index (χ1v) is 7.98. The normalized spacial score (nSPS) is 13.2. The van der Waals surface area contributed by atoms with Crippen molar-refractivity contribution in [3.05, 3.63) is 59.9 Å². The summed E-state index contributed by atoms with van der Waals surface area (Å²) in [6.07, 6.45) is 0. The molecule has 0 saturated carbocycles. The van der Waals surface area contributed by atoms with Gasteiger partial charge in [0, 0.05) is 12.5 Å². The van der Waals surface area contributed by atoms with Gasteiger partial charge in [-0.15, -0.1) is 0 Å². The van der Waals surface area contributed by atoms with E-state index in [9.17, 15) is 9.18 Å². The van der Waals surface area contributed by atoms with Crippen LogP contribution in [-0.4, -0.2) is 19.5 Å². The Morgan fingerprint density at radius 2 is 1.88 bits per heavy atom. The number of halogens is 1. The number of hydrogen-bond acceptors (Lipinski definition) is 3. The highest BCUT2D eigenvalue weighted by Crippen LogP contribution is 2.26. The predicted octanol–water partition coefficient (Wildman–Crippen LogP) is 3.65. The molecule has 2 atom stereocenters. The number of nitrogens with one attached hydrogen (secondary N) is 2. The topological polar surface area (TPSA) is 50.4 Å². The lowest BCUT2D eigenvalue weighted by atomic mass is 10.1. The van der Waals surface area contributed by atoms with E-state index in [0.717, 1.165) is 0 Å². The summed E-state index contributed by atoms with van der Waals surface area (Å²) in [5.74, 6) is 0.0593. The van der Waals surface area contributed by atoms with E-state index in [4.69, 9.17) is 4.74 Å². The second kappa shape index (κ2) is 8.45. The maximum absolute atomic E-state index is 14.3. The fourth-order valence-electron chi connectivity index (χ4n) is 2.32. The molecule has 5 heteroatoms. The van der Waals surface area contributed by atoms with Gasteiger partial charge >= 0.3 is 0 Å². The summed E-state index contributed by atoms with van der Waals surface area (Å²) in [6, 6.07) is 13.5. The molecule has 0 saturated heterocycles. The van der Waals surface area contributed by atoms with E-state index in [-0.39, 0.29) is 23.6 Å². The first-order chi connectivity index (χ1) is 11.5. The highest BCUT2D eigenvalue weighted by molar-refractivity contribution is 5.78. The van der Waals surface area contributed by atoms with Crippen LogP contribution in [0.1, 0.15) is 25.5 Å². The van der Waals surface area contributed by atoms with Crippen molar-refractivity contribution < 1.29 is 13.9 Å². The fraction of sp³-hybridized carbons (Fsp3) is 0.316. The number of hydrogen-bond donors (Lipinski definition) is 2. The van der Waals surface area contributed by atoms with E-state index in [2.05, 4.69) is 10.6 Å². The molecule has 2 unspecified atom stereocenters. The van der Waals surface area contributed by atoms with Crippen LogP contribution in [0.5, 0.6) is 11.5 Å². The van der Waals surface area contributed by atoms with E-state index < -0.39 is 5.82 Å². The summed E-state index contributed by atoms with van der Waals surface area (Å²) in [5.41, 5.74) is 0.693. The zero-order chi connectivity index (χ0) is 17.5. The average Bonchev–Trinajstić information content (AvgIpc) is 2.57. The molecule has 0 bridgehead atoms. The summed E-state index contributed by atoms with van der Waals surface area (Å²) < 4.78 is 19.8. The van der Waals surface area contributed by atoms with Crippen LogP contribution in [0.25, 0.3) is 0 Å². The molecule has 0 spiro atoms. The van der Waals surface area contributed by atoms with Crippen LogP contribution in [0, 0.1) is 11.7 Å². The quantitative estimate of drug-likeness (QED) is 0.815. The highest BCUT2D eigenvalue weighted by atomic mass is 19.1. The van der Waals surface area contributed by atoms with E-state index in [1.54, 1.807) is 31.3 Å². The lowest BCUT2D eigenvalue weighted by Crippen LogP contribution is -2.35. The van der Waals surface area contributed by atoms with Gasteiger partial charge in [-0.2, -0.15) is 0 Å². The summed E-state index contributed by atoms with van der Waals surface area (Å²) in [4.78, 5) is 12.0. The molecule has 2 N–H and O–H groups in total. The molecule has 2 aromatic carbocycles. The Kier molecular flexibility index (Phi) is 6.32. The summed E-state index contributed by atoms with van der Waals surface area (Å²) in [6.45, 7) is 4.27. The summed E-state index contributed by atoms with van der Waals surface area (Å²) in [7, 11) is 1.80. The van der Waals surface area contributed by atoms with Crippen molar-refractivity contribution in [1.29, 1.82) is 0 Å². The number of ether oxygens (including phenoxy) is 1. The van der Waals surface area contributed by atoms with Crippen LogP contribution < -0.4 is 15.4 Å². The highest BCUT2D eigenvalue weighted by Gasteiger charge is 2.16. The van der Waals surface area contributed by atoms with Crippen LogP contribution in [0.15, 0.2) is 48.5 Å². The van der Waals surface area contributed by atoms with Crippen molar-refractivity contribution in [2.75, 3.05) is 13.6 Å². The van der Waals surface area contributed by atoms with Gasteiger partial charge in [0.05, 0.1) is 6.04 Å². The van der Waals surface area contributed by atoms with Crippen LogP contribution in [0.3, 0.4) is 0 Å². The SMILES string of the molecule is CNCC(C)C(=O)NC(C)c1ccc(Oc2ccccc2)c(F)c1. The number of para-hydroxylation sites is 1. The minimum atomic E-state index is -0.458. The van der Waals surface area contributed by atoms with Crippen molar-refractivity contribution in [2.24, 2.45) is 5.92 Å². The van der Waals surface area contributed by atoms with Crippen molar-refractivity contribution in [3.63, 3.8) is 0 Å². The molecule has 24 heavy (non-hydrogen) atoms. The zero-order valence-corrected chi connectivity index (χ0v) is 14.2. The lowest BCUT2D eigenvalue weighted by molar-refractivity contribution is -0.125. The second-order valence-corrected chi connectivity index (χ2v) is 5.79. The zero-order valence-electron chi connectivity index (χ0n) is 14.2. The molecular formula is C19H23FN2O2. The second-order valence-electron chi connectivity index (χ2n) is 5.79. The molecule has 0 aliphatic heterocycles. The van der Waals surface area contributed by atoms with Crippen LogP contribution in [0.2, 0.25) is 0 Å². The monoisotopic (exact) mass is 330 g/mol. The van der Waals surface area contributed by atoms with E-state index in [0.29, 0.717) is 17.9 Å². The van der Waals surface area contributed by atoms with Crippen LogP contribution in [0.4, 0.5) is 4.39 Å². The maximum Gasteiger partial charge on any atom is 0.224 e. The lowest BCUT2D eigenvalue weighted by Gasteiger charge is -2.18. The number of carbonyl (C=O) groups is 1. The first kappa shape index (κ1) is 17.9. The third kappa shape index (κ3) is 4.80. The third-order valence-corrected chi connectivity index (χ3v) is 3.74. The Hall–Kier alpha value is -2.40. The molecule has 4 nitrogen and oxygen atoms in total. The molecular weight excluding hydrogens is 307 g/mol. The van der Waals surface area contributed by atoms with Gasteiger partial charge in [0.1, 0.15) is 5.75 Å². The Labute approximate surface area is 142 Å². The summed E-state index contributed by atoms with van der Waals surface area (Å²) >= 11 is 0. The maximum atomic E-state index is 14.3. The largest absolute Gasteiger partial charge is 0.454 e. The van der Waals surface area contributed by atoms with E-state index in [1.165, 1.54) is 6.07 Å². The Bertz CT molecular complexity index is 676. The van der Waals surface area contributed by atoms with Gasteiger partial charge in [-0.1, -0.05) is 31.2 Å². The third-order valence-electron chi connectivity index (χ3n) is 3.74. The molecule has 0 heterocycles. The fourth-order valence-corrected chi connectivity index (χ4v) is 2.32. The average molecular weight is 330 g/mol. The van der Waals surface area contributed by atoms with Gasteiger partial charge in [0.25, 0.3) is 0 Å². The van der Waals surface area contributed by atoms with Gasteiger partial charge in [-0.25, -0.2) is 4.39 Å². The van der Waals surface area contributed by atoms with Gasteiger partial charge in [0.2, 0.25) is 5.91 Å². The number of amides is 1. The minimum absolute atomic E-state index is 0.0677. The van der Waals surface area contributed by atoms with Gasteiger partial charge in [-0.3, -0.25) is 4.79 Å². The Morgan fingerprint density at radius 1 is 1.17 bits per heavy atom. The number of carbonyl (C=O) groups excluding carboxylic acids is 1. The number of benzene rings is 2. The molecule has 0 aliphatic rings. The van der Waals surface area contributed by atoms with Gasteiger partial charge in [-0.05, 0) is 43.8 Å². The Balaban J connectivity index is 2.04. The van der Waals surface area contributed by atoms with Gasteiger partial charge < -0.3 is 15.4 Å². The smallest absolute Gasteiger partial charge is 0.224 e. The summed E-state index contributed by atoms with van der Waals surface area (Å²) in [5, 5.41) is 5.85. The molecule has 0 aliphatic carbocycles. The predicted molar refractivity (Wildman–Crippen MR) is 92.6 cm³/mol. The molecule has 0 aromatic heterocycles. The molecule has 128 valence electrons.